The van der Waals surface area contributed by atoms with Gasteiger partial charge in [-0.3, -0.25) is 0 Å². The standard InChI is InChI=1S/C28H28N2O4/c1-33-28(34-2)26-24-12-6-10-21(17-20-9-5-8-18-7-3-4-11-23(18)20)25(24)29-30(26)22-15-13-19(14-16-22)27(31)32/h3-5,7-9,11,13-16,21,28H,6,10,12,17H2,1-2H3,(H,31,32). The summed E-state index contributed by atoms with van der Waals surface area (Å²) in [5.41, 5.74) is 5.49. The van der Waals surface area contributed by atoms with E-state index in [0.717, 1.165) is 42.8 Å². The molecule has 0 bridgehead atoms. The molecule has 1 unspecified atom stereocenters. The number of hydrogen-bond acceptors (Lipinski definition) is 4. The first-order chi connectivity index (χ1) is 16.6. The minimum atomic E-state index is -0.951. The van der Waals surface area contributed by atoms with Crippen LogP contribution in [0, 0.1) is 0 Å². The molecule has 0 saturated heterocycles. The van der Waals surface area contributed by atoms with Crippen molar-refractivity contribution < 1.29 is 19.4 Å². The molecule has 0 amide bonds. The van der Waals surface area contributed by atoms with E-state index < -0.39 is 12.3 Å². The quantitative estimate of drug-likeness (QED) is 0.362. The van der Waals surface area contributed by atoms with Gasteiger partial charge in [0, 0.05) is 25.7 Å². The maximum absolute atomic E-state index is 11.3. The maximum Gasteiger partial charge on any atom is 0.335 e. The summed E-state index contributed by atoms with van der Waals surface area (Å²) in [4.78, 5) is 11.3. The highest BCUT2D eigenvalue weighted by molar-refractivity contribution is 5.87. The van der Waals surface area contributed by atoms with Crippen LogP contribution in [0.3, 0.4) is 0 Å². The highest BCUT2D eigenvalue weighted by Gasteiger charge is 2.32. The molecule has 0 saturated carbocycles. The molecule has 6 nitrogen and oxygen atoms in total. The molecular weight excluding hydrogens is 428 g/mol. The minimum absolute atomic E-state index is 0.242. The van der Waals surface area contributed by atoms with Gasteiger partial charge in [0.25, 0.3) is 0 Å². The van der Waals surface area contributed by atoms with Crippen LogP contribution in [-0.4, -0.2) is 35.1 Å². The number of aromatic carboxylic acids is 1. The van der Waals surface area contributed by atoms with Crippen molar-refractivity contribution >= 4 is 16.7 Å². The summed E-state index contributed by atoms with van der Waals surface area (Å²) < 4.78 is 13.2. The van der Waals surface area contributed by atoms with E-state index in [0.29, 0.717) is 0 Å². The number of carboxylic acid groups (broad SMARTS) is 1. The van der Waals surface area contributed by atoms with E-state index in [9.17, 15) is 9.90 Å². The average Bonchev–Trinajstić information content (AvgIpc) is 3.26. The summed E-state index contributed by atoms with van der Waals surface area (Å²) >= 11 is 0. The van der Waals surface area contributed by atoms with Crippen molar-refractivity contribution in [1.29, 1.82) is 0 Å². The van der Waals surface area contributed by atoms with Crippen molar-refractivity contribution in [3.63, 3.8) is 0 Å². The van der Waals surface area contributed by atoms with E-state index in [-0.39, 0.29) is 11.5 Å². The number of carboxylic acids is 1. The Morgan fingerprint density at radius 1 is 1.06 bits per heavy atom. The van der Waals surface area contributed by atoms with Crippen LogP contribution in [-0.2, 0) is 22.3 Å². The van der Waals surface area contributed by atoms with Crippen molar-refractivity contribution in [1.82, 2.24) is 9.78 Å². The van der Waals surface area contributed by atoms with Gasteiger partial charge in [0.1, 0.15) is 5.69 Å². The van der Waals surface area contributed by atoms with Gasteiger partial charge in [-0.1, -0.05) is 42.5 Å². The molecule has 1 aromatic heterocycles. The van der Waals surface area contributed by atoms with E-state index in [2.05, 4.69) is 42.5 Å². The lowest BCUT2D eigenvalue weighted by Gasteiger charge is -2.23. The molecule has 0 aliphatic heterocycles. The fourth-order valence-corrected chi connectivity index (χ4v) is 5.17. The molecule has 0 spiro atoms. The minimum Gasteiger partial charge on any atom is -0.478 e. The number of fused-ring (bicyclic) bond motifs is 2. The molecule has 34 heavy (non-hydrogen) atoms. The lowest BCUT2D eigenvalue weighted by Crippen LogP contribution is -2.15. The zero-order valence-corrected chi connectivity index (χ0v) is 19.4. The van der Waals surface area contributed by atoms with Gasteiger partial charge in [-0.05, 0) is 66.3 Å². The molecule has 1 atom stereocenters. The molecule has 1 heterocycles. The maximum atomic E-state index is 11.3. The van der Waals surface area contributed by atoms with Crippen LogP contribution in [0.1, 0.15) is 57.9 Å². The first kappa shape index (κ1) is 22.3. The topological polar surface area (TPSA) is 73.6 Å². The Hall–Kier alpha value is -3.48. The Balaban J connectivity index is 1.59. The van der Waals surface area contributed by atoms with Crippen molar-refractivity contribution in [2.24, 2.45) is 0 Å². The summed E-state index contributed by atoms with van der Waals surface area (Å²) in [5.74, 6) is -0.671. The number of nitrogens with zero attached hydrogens (tertiary/aromatic N) is 2. The molecule has 1 aliphatic rings. The first-order valence-corrected chi connectivity index (χ1v) is 11.6. The molecule has 4 aromatic rings. The first-order valence-electron chi connectivity index (χ1n) is 11.6. The van der Waals surface area contributed by atoms with Crippen LogP contribution in [0.4, 0.5) is 0 Å². The van der Waals surface area contributed by atoms with Gasteiger partial charge in [0.2, 0.25) is 6.29 Å². The normalized spacial score (nSPS) is 15.6. The van der Waals surface area contributed by atoms with Gasteiger partial charge in [-0.15, -0.1) is 0 Å². The molecule has 3 aromatic carbocycles. The van der Waals surface area contributed by atoms with Crippen LogP contribution < -0.4 is 0 Å². The van der Waals surface area contributed by atoms with E-state index in [1.165, 1.54) is 21.9 Å². The van der Waals surface area contributed by atoms with Gasteiger partial charge < -0.3 is 14.6 Å². The van der Waals surface area contributed by atoms with Gasteiger partial charge in [0.15, 0.2) is 0 Å². The SMILES string of the molecule is COC(OC)c1c2c(nn1-c1ccc(C(=O)O)cc1)C(Cc1cccc3ccccc13)CCC2. The van der Waals surface area contributed by atoms with Crippen molar-refractivity contribution in [3.8, 4) is 5.69 Å². The Kier molecular flexibility index (Phi) is 6.18. The van der Waals surface area contributed by atoms with Crippen molar-refractivity contribution in [2.75, 3.05) is 14.2 Å². The summed E-state index contributed by atoms with van der Waals surface area (Å²) in [7, 11) is 3.25. The third-order valence-electron chi connectivity index (χ3n) is 6.78. The second kappa shape index (κ2) is 9.41. The number of rotatable bonds is 7. The highest BCUT2D eigenvalue weighted by Crippen LogP contribution is 2.39. The molecule has 1 aliphatic carbocycles. The largest absolute Gasteiger partial charge is 0.478 e. The molecule has 174 valence electrons. The van der Waals surface area contributed by atoms with Crippen LogP contribution in [0.15, 0.2) is 66.7 Å². The monoisotopic (exact) mass is 456 g/mol. The number of ether oxygens (including phenoxy) is 2. The Bertz CT molecular complexity index is 1320. The average molecular weight is 457 g/mol. The van der Waals surface area contributed by atoms with Gasteiger partial charge in [-0.25, -0.2) is 9.48 Å². The molecular formula is C28H28N2O4. The predicted octanol–water partition coefficient (Wildman–Crippen LogP) is 5.68. The third kappa shape index (κ3) is 4.00. The summed E-state index contributed by atoms with van der Waals surface area (Å²) in [6.45, 7) is 0. The fraction of sp³-hybridized carbons (Fsp3) is 0.286. The van der Waals surface area contributed by atoms with Crippen LogP contribution in [0.25, 0.3) is 16.5 Å². The fourth-order valence-electron chi connectivity index (χ4n) is 5.17. The van der Waals surface area contributed by atoms with E-state index in [1.807, 2.05) is 4.68 Å². The van der Waals surface area contributed by atoms with Crippen LogP contribution >= 0.6 is 0 Å². The number of hydrogen-bond donors (Lipinski definition) is 1. The second-order valence-electron chi connectivity index (χ2n) is 8.75. The number of methoxy groups -OCH3 is 2. The predicted molar refractivity (Wildman–Crippen MR) is 131 cm³/mol. The Morgan fingerprint density at radius 2 is 1.79 bits per heavy atom. The number of benzene rings is 3. The van der Waals surface area contributed by atoms with Gasteiger partial charge in [0.05, 0.1) is 16.9 Å². The number of carbonyl (C=O) groups is 1. The zero-order valence-electron chi connectivity index (χ0n) is 19.4. The van der Waals surface area contributed by atoms with Crippen molar-refractivity contribution in [2.45, 2.75) is 37.9 Å². The lowest BCUT2D eigenvalue weighted by atomic mass is 9.82. The zero-order chi connectivity index (χ0) is 23.7. The van der Waals surface area contributed by atoms with Crippen LogP contribution in [0.2, 0.25) is 0 Å². The Labute approximate surface area is 198 Å². The lowest BCUT2D eigenvalue weighted by molar-refractivity contribution is -0.110. The van der Waals surface area contributed by atoms with E-state index >= 15 is 0 Å². The Morgan fingerprint density at radius 3 is 2.53 bits per heavy atom. The molecule has 0 fully saturated rings. The van der Waals surface area contributed by atoms with E-state index in [1.54, 1.807) is 38.5 Å². The summed E-state index contributed by atoms with van der Waals surface area (Å²) in [6.07, 6.45) is 3.39. The smallest absolute Gasteiger partial charge is 0.335 e. The molecule has 1 N–H and O–H groups in total. The number of aromatic nitrogens is 2. The highest BCUT2D eigenvalue weighted by atomic mass is 16.7. The second-order valence-corrected chi connectivity index (χ2v) is 8.75. The van der Waals surface area contributed by atoms with Crippen molar-refractivity contribution in [3.05, 3.63) is 94.8 Å². The molecule has 0 radical (unpaired) electrons. The van der Waals surface area contributed by atoms with Gasteiger partial charge >= 0.3 is 5.97 Å². The molecule has 6 heteroatoms. The van der Waals surface area contributed by atoms with Gasteiger partial charge in [-0.2, -0.15) is 5.10 Å². The summed E-state index contributed by atoms with van der Waals surface area (Å²) in [6, 6.07) is 21.8. The molecule has 5 rings (SSSR count). The van der Waals surface area contributed by atoms with Crippen LogP contribution in [0.5, 0.6) is 0 Å². The summed E-state index contributed by atoms with van der Waals surface area (Å²) in [5, 5.41) is 16.9. The third-order valence-corrected chi connectivity index (χ3v) is 6.78. The van der Waals surface area contributed by atoms with E-state index in [4.69, 9.17) is 14.6 Å².